The Kier molecular flexibility index (Phi) is 4.73. The van der Waals surface area contributed by atoms with Crippen LogP contribution in [0.25, 0.3) is 0 Å². The van der Waals surface area contributed by atoms with Gasteiger partial charge in [-0.1, -0.05) is 6.92 Å². The van der Waals surface area contributed by atoms with Crippen molar-refractivity contribution in [3.8, 4) is 6.07 Å². The molecule has 0 amide bonds. The predicted octanol–water partition coefficient (Wildman–Crippen LogP) is 0.777. The molecule has 2 rings (SSSR count). The number of nitrogens with zero attached hydrogens (tertiary/aromatic N) is 2. The third kappa shape index (κ3) is 3.51. The van der Waals surface area contributed by atoms with Crippen LogP contribution in [0.1, 0.15) is 33.1 Å². The smallest absolute Gasteiger partial charge is 0.153 e. The fourth-order valence-corrected chi connectivity index (χ4v) is 4.63. The fourth-order valence-electron chi connectivity index (χ4n) is 3.01. The minimum atomic E-state index is -2.89. The van der Waals surface area contributed by atoms with Gasteiger partial charge in [0, 0.05) is 19.1 Å². The Balaban J connectivity index is 2.06. The van der Waals surface area contributed by atoms with Gasteiger partial charge in [-0.15, -0.1) is 0 Å². The van der Waals surface area contributed by atoms with Crippen molar-refractivity contribution < 1.29 is 8.42 Å². The Hall–Kier alpha value is -0.640. The predicted molar refractivity (Wildman–Crippen MR) is 79.1 cm³/mol. The first-order chi connectivity index (χ1) is 9.42. The van der Waals surface area contributed by atoms with Gasteiger partial charge in [-0.2, -0.15) is 5.26 Å². The first-order valence-corrected chi connectivity index (χ1v) is 9.35. The van der Waals surface area contributed by atoms with Crippen LogP contribution in [0.5, 0.6) is 0 Å². The summed E-state index contributed by atoms with van der Waals surface area (Å²) < 4.78 is 23.3. The molecule has 2 atom stereocenters. The van der Waals surface area contributed by atoms with Gasteiger partial charge in [0.25, 0.3) is 0 Å². The van der Waals surface area contributed by atoms with Crippen molar-refractivity contribution in [1.29, 1.82) is 5.26 Å². The number of rotatable bonds is 6. The fraction of sp³-hybridized carbons (Fsp3) is 0.929. The van der Waals surface area contributed by atoms with Gasteiger partial charge in [0.1, 0.15) is 5.54 Å². The highest BCUT2D eigenvalue weighted by Crippen LogP contribution is 2.40. The van der Waals surface area contributed by atoms with Crippen molar-refractivity contribution in [3.05, 3.63) is 0 Å². The molecule has 0 aromatic rings. The summed E-state index contributed by atoms with van der Waals surface area (Å²) in [5.74, 6) is 0.856. The summed E-state index contributed by atoms with van der Waals surface area (Å²) in [5.41, 5.74) is -0.495. The van der Waals surface area contributed by atoms with Gasteiger partial charge in [-0.05, 0) is 38.6 Å². The van der Waals surface area contributed by atoms with E-state index < -0.39 is 15.4 Å². The molecule has 2 aliphatic rings. The lowest BCUT2D eigenvalue weighted by molar-refractivity contribution is 0.165. The maximum Gasteiger partial charge on any atom is 0.153 e. The van der Waals surface area contributed by atoms with Crippen molar-refractivity contribution in [2.24, 2.45) is 5.92 Å². The highest BCUT2D eigenvalue weighted by Gasteiger charge is 2.47. The Morgan fingerprint density at radius 2 is 2.15 bits per heavy atom. The first kappa shape index (κ1) is 15.7. The largest absolute Gasteiger partial charge is 0.298 e. The molecular weight excluding hydrogens is 274 g/mol. The van der Waals surface area contributed by atoms with Crippen molar-refractivity contribution in [3.63, 3.8) is 0 Å². The average molecular weight is 299 g/mol. The highest BCUT2D eigenvalue weighted by atomic mass is 32.2. The quantitative estimate of drug-likeness (QED) is 0.784. The number of nitrogens with one attached hydrogen (secondary N) is 1. The molecule has 0 spiro atoms. The lowest BCUT2D eigenvalue weighted by atomic mass is 9.93. The van der Waals surface area contributed by atoms with Crippen LogP contribution in [0.4, 0.5) is 0 Å². The zero-order valence-electron chi connectivity index (χ0n) is 12.4. The molecule has 6 heteroatoms. The van der Waals surface area contributed by atoms with E-state index in [0.29, 0.717) is 19.0 Å². The first-order valence-electron chi connectivity index (χ1n) is 7.53. The molecule has 2 fully saturated rings. The van der Waals surface area contributed by atoms with Gasteiger partial charge in [-0.3, -0.25) is 10.2 Å². The SMILES string of the molecule is CCCNC(C#N)(CN1CCS(=O)(=O)CC1C)C1CC1. The van der Waals surface area contributed by atoms with Gasteiger partial charge in [0.05, 0.1) is 17.6 Å². The molecular formula is C14H25N3O2S. The lowest BCUT2D eigenvalue weighted by Crippen LogP contribution is -2.59. The van der Waals surface area contributed by atoms with Gasteiger partial charge in [0.2, 0.25) is 0 Å². The Morgan fingerprint density at radius 3 is 2.65 bits per heavy atom. The normalized spacial score (nSPS) is 29.6. The molecule has 0 aromatic carbocycles. The van der Waals surface area contributed by atoms with Crippen LogP contribution in [0.15, 0.2) is 0 Å². The standard InChI is InChI=1S/C14H25N3O2S/c1-3-6-16-14(10-15,13-4-5-13)11-17-7-8-20(18,19)9-12(17)2/h12-13,16H,3-9,11H2,1-2H3. The van der Waals surface area contributed by atoms with Gasteiger partial charge < -0.3 is 0 Å². The van der Waals surface area contributed by atoms with Gasteiger partial charge in [-0.25, -0.2) is 8.42 Å². The third-order valence-electron chi connectivity index (χ3n) is 4.42. The second-order valence-electron chi connectivity index (χ2n) is 6.22. The molecule has 1 aliphatic heterocycles. The average Bonchev–Trinajstić information content (AvgIpc) is 3.21. The molecule has 0 aromatic heterocycles. The minimum absolute atomic E-state index is 0.00338. The second-order valence-corrected chi connectivity index (χ2v) is 8.45. The van der Waals surface area contributed by atoms with Gasteiger partial charge in [0.15, 0.2) is 9.84 Å². The molecule has 1 saturated heterocycles. The summed E-state index contributed by atoms with van der Waals surface area (Å²) in [4.78, 5) is 2.17. The molecule has 1 heterocycles. The van der Waals surface area contributed by atoms with Gasteiger partial charge >= 0.3 is 0 Å². The van der Waals surface area contributed by atoms with Crippen molar-refractivity contribution in [2.75, 3.05) is 31.1 Å². The molecule has 1 N–H and O–H groups in total. The maximum absolute atomic E-state index is 11.7. The summed E-state index contributed by atoms with van der Waals surface area (Å²) in [6.45, 7) is 6.08. The second kappa shape index (κ2) is 6.00. The Labute approximate surface area is 122 Å². The van der Waals surface area contributed by atoms with Crippen LogP contribution in [0, 0.1) is 17.2 Å². The summed E-state index contributed by atoms with van der Waals surface area (Å²) in [5, 5.41) is 13.1. The third-order valence-corrected chi connectivity index (χ3v) is 6.22. The van der Waals surface area contributed by atoms with Crippen LogP contribution < -0.4 is 5.32 Å². The Morgan fingerprint density at radius 1 is 1.45 bits per heavy atom. The van der Waals surface area contributed by atoms with Crippen LogP contribution in [0.2, 0.25) is 0 Å². The molecule has 20 heavy (non-hydrogen) atoms. The van der Waals surface area contributed by atoms with Crippen LogP contribution >= 0.6 is 0 Å². The Bertz CT molecular complexity index is 481. The monoisotopic (exact) mass is 299 g/mol. The van der Waals surface area contributed by atoms with E-state index in [0.717, 1.165) is 25.8 Å². The molecule has 2 unspecified atom stereocenters. The van der Waals surface area contributed by atoms with Crippen LogP contribution in [-0.4, -0.2) is 56.0 Å². The molecule has 0 radical (unpaired) electrons. The summed E-state index contributed by atoms with van der Waals surface area (Å²) in [6.07, 6.45) is 3.20. The van der Waals surface area contributed by atoms with Crippen molar-refractivity contribution >= 4 is 9.84 Å². The van der Waals surface area contributed by atoms with E-state index in [9.17, 15) is 13.7 Å². The molecule has 1 aliphatic carbocycles. The van der Waals surface area contributed by atoms with E-state index in [1.165, 1.54) is 0 Å². The van der Waals surface area contributed by atoms with Crippen molar-refractivity contribution in [2.45, 2.75) is 44.7 Å². The van der Waals surface area contributed by atoms with E-state index in [-0.39, 0.29) is 17.5 Å². The molecule has 1 saturated carbocycles. The van der Waals surface area contributed by atoms with Crippen molar-refractivity contribution in [1.82, 2.24) is 10.2 Å². The number of hydrogen-bond donors (Lipinski definition) is 1. The lowest BCUT2D eigenvalue weighted by Gasteiger charge is -2.39. The number of nitriles is 1. The van der Waals surface area contributed by atoms with Crippen LogP contribution in [0.3, 0.4) is 0 Å². The van der Waals surface area contributed by atoms with Crippen LogP contribution in [-0.2, 0) is 9.84 Å². The summed E-state index contributed by atoms with van der Waals surface area (Å²) in [6, 6.07) is 2.50. The molecule has 5 nitrogen and oxygen atoms in total. The summed E-state index contributed by atoms with van der Waals surface area (Å²) in [7, 11) is -2.89. The summed E-state index contributed by atoms with van der Waals surface area (Å²) >= 11 is 0. The zero-order chi connectivity index (χ0) is 14.8. The maximum atomic E-state index is 11.7. The molecule has 114 valence electrons. The van der Waals surface area contributed by atoms with E-state index in [1.807, 2.05) is 6.92 Å². The zero-order valence-corrected chi connectivity index (χ0v) is 13.2. The molecule has 0 bridgehead atoms. The number of hydrogen-bond acceptors (Lipinski definition) is 5. The van der Waals surface area contributed by atoms with E-state index in [1.54, 1.807) is 0 Å². The minimum Gasteiger partial charge on any atom is -0.298 e. The number of sulfone groups is 1. The topological polar surface area (TPSA) is 73.2 Å². The van der Waals surface area contributed by atoms with E-state index in [4.69, 9.17) is 0 Å². The van der Waals surface area contributed by atoms with E-state index >= 15 is 0 Å². The highest BCUT2D eigenvalue weighted by molar-refractivity contribution is 7.91. The van der Waals surface area contributed by atoms with E-state index in [2.05, 4.69) is 23.2 Å².